The van der Waals surface area contributed by atoms with E-state index in [0.717, 1.165) is 6.07 Å². The fourth-order valence-corrected chi connectivity index (χ4v) is 1.39. The van der Waals surface area contributed by atoms with Crippen LogP contribution in [0.15, 0.2) is 23.4 Å². The van der Waals surface area contributed by atoms with Crippen LogP contribution >= 0.6 is 0 Å². The lowest BCUT2D eigenvalue weighted by atomic mass is 10.1. The predicted octanol–water partition coefficient (Wildman–Crippen LogP) is 0.961. The molecule has 0 bridgehead atoms. The standard InChI is InChI=1S/C13H18FN3O3/c1-13(2,20-3)12(18)16-7-9-5-4-8(6-10(9)14)11(15)17-19/h4-6,19H,7H2,1-3H3,(H2,15,17)(H,16,18). The van der Waals surface area contributed by atoms with Crippen LogP contribution in [0.25, 0.3) is 0 Å². The lowest BCUT2D eigenvalue weighted by molar-refractivity contribution is -0.139. The van der Waals surface area contributed by atoms with E-state index in [1.54, 1.807) is 13.8 Å². The fourth-order valence-electron chi connectivity index (χ4n) is 1.39. The van der Waals surface area contributed by atoms with Gasteiger partial charge in [-0.25, -0.2) is 4.39 Å². The zero-order valence-electron chi connectivity index (χ0n) is 11.6. The number of oxime groups is 1. The highest BCUT2D eigenvalue weighted by atomic mass is 19.1. The molecule has 0 spiro atoms. The van der Waals surface area contributed by atoms with Gasteiger partial charge in [-0.05, 0) is 19.9 Å². The molecule has 0 aliphatic carbocycles. The van der Waals surface area contributed by atoms with Gasteiger partial charge in [0.1, 0.15) is 11.4 Å². The lowest BCUT2D eigenvalue weighted by Gasteiger charge is -2.21. The van der Waals surface area contributed by atoms with Gasteiger partial charge in [0, 0.05) is 24.8 Å². The van der Waals surface area contributed by atoms with Crippen LogP contribution in [0.3, 0.4) is 0 Å². The first-order chi connectivity index (χ1) is 9.31. The summed E-state index contributed by atoms with van der Waals surface area (Å²) >= 11 is 0. The van der Waals surface area contributed by atoms with Crippen molar-refractivity contribution in [1.29, 1.82) is 0 Å². The minimum absolute atomic E-state index is 0.0217. The molecule has 0 radical (unpaired) electrons. The molecule has 1 rings (SSSR count). The predicted molar refractivity (Wildman–Crippen MR) is 71.8 cm³/mol. The number of nitrogens with two attached hydrogens (primary N) is 1. The number of halogens is 1. The molecule has 6 nitrogen and oxygen atoms in total. The van der Waals surface area contributed by atoms with E-state index in [1.807, 2.05) is 0 Å². The molecule has 110 valence electrons. The molecule has 4 N–H and O–H groups in total. The number of amides is 1. The molecule has 0 atom stereocenters. The van der Waals surface area contributed by atoms with Crippen molar-refractivity contribution in [3.63, 3.8) is 0 Å². The molecule has 0 aliphatic rings. The van der Waals surface area contributed by atoms with E-state index in [0.29, 0.717) is 5.56 Å². The Morgan fingerprint density at radius 1 is 1.55 bits per heavy atom. The van der Waals surface area contributed by atoms with Gasteiger partial charge in [0.15, 0.2) is 5.84 Å². The first-order valence-electron chi connectivity index (χ1n) is 5.91. The molecule has 1 aromatic carbocycles. The minimum atomic E-state index is -0.982. The molecular weight excluding hydrogens is 265 g/mol. The van der Waals surface area contributed by atoms with Gasteiger partial charge in [-0.3, -0.25) is 4.79 Å². The van der Waals surface area contributed by atoms with Gasteiger partial charge in [-0.2, -0.15) is 0 Å². The molecule has 1 aromatic rings. The van der Waals surface area contributed by atoms with E-state index in [1.165, 1.54) is 19.2 Å². The molecule has 1 amide bonds. The fraction of sp³-hybridized carbons (Fsp3) is 0.385. The summed E-state index contributed by atoms with van der Waals surface area (Å²) in [6, 6.07) is 4.10. The third kappa shape index (κ3) is 3.67. The number of nitrogens with one attached hydrogen (secondary N) is 1. The van der Waals surface area contributed by atoms with Gasteiger partial charge in [-0.15, -0.1) is 0 Å². The number of hydrogen-bond donors (Lipinski definition) is 3. The zero-order valence-corrected chi connectivity index (χ0v) is 11.6. The average molecular weight is 283 g/mol. The Kier molecular flexibility index (Phi) is 5.04. The maximum Gasteiger partial charge on any atom is 0.251 e. The summed E-state index contributed by atoms with van der Waals surface area (Å²) in [5.41, 5.74) is 4.93. The Labute approximate surface area is 116 Å². The van der Waals surface area contributed by atoms with Crippen molar-refractivity contribution in [2.75, 3.05) is 7.11 Å². The number of carbonyl (C=O) groups is 1. The molecule has 0 aromatic heterocycles. The summed E-state index contributed by atoms with van der Waals surface area (Å²) in [6.07, 6.45) is 0. The quantitative estimate of drug-likeness (QED) is 0.324. The van der Waals surface area contributed by atoms with Crippen LogP contribution in [-0.2, 0) is 16.1 Å². The van der Waals surface area contributed by atoms with Crippen molar-refractivity contribution in [2.24, 2.45) is 10.9 Å². The highest BCUT2D eigenvalue weighted by Crippen LogP contribution is 2.12. The Bertz CT molecular complexity index is 530. The zero-order chi connectivity index (χ0) is 15.3. The summed E-state index contributed by atoms with van der Waals surface area (Å²) in [5.74, 6) is -1.08. The second-order valence-electron chi connectivity index (χ2n) is 4.69. The highest BCUT2D eigenvalue weighted by molar-refractivity contribution is 5.97. The van der Waals surface area contributed by atoms with Crippen molar-refractivity contribution in [2.45, 2.75) is 26.0 Å². The summed E-state index contributed by atoms with van der Waals surface area (Å²) in [7, 11) is 1.42. The van der Waals surface area contributed by atoms with Crippen molar-refractivity contribution < 1.29 is 19.1 Å². The van der Waals surface area contributed by atoms with Gasteiger partial charge in [0.25, 0.3) is 5.91 Å². The number of amidine groups is 1. The number of ether oxygens (including phenoxy) is 1. The first-order valence-corrected chi connectivity index (χ1v) is 5.91. The Balaban J connectivity index is 2.78. The van der Waals surface area contributed by atoms with Crippen molar-refractivity contribution in [3.05, 3.63) is 35.1 Å². The number of rotatable bonds is 5. The van der Waals surface area contributed by atoms with E-state index in [4.69, 9.17) is 15.7 Å². The van der Waals surface area contributed by atoms with Gasteiger partial charge in [-0.1, -0.05) is 17.3 Å². The van der Waals surface area contributed by atoms with Gasteiger partial charge in [0.05, 0.1) is 0 Å². The van der Waals surface area contributed by atoms with Gasteiger partial charge in [0.2, 0.25) is 0 Å². The van der Waals surface area contributed by atoms with Crippen LogP contribution in [0.5, 0.6) is 0 Å². The van der Waals surface area contributed by atoms with Crippen molar-refractivity contribution in [3.8, 4) is 0 Å². The molecule has 0 saturated carbocycles. The molecule has 20 heavy (non-hydrogen) atoms. The maximum atomic E-state index is 13.8. The van der Waals surface area contributed by atoms with Gasteiger partial charge < -0.3 is 21.0 Å². The van der Waals surface area contributed by atoms with E-state index >= 15 is 0 Å². The molecule has 0 heterocycles. The summed E-state index contributed by atoms with van der Waals surface area (Å²) in [4.78, 5) is 11.8. The normalized spacial score (nSPS) is 12.3. The molecule has 0 saturated heterocycles. The minimum Gasteiger partial charge on any atom is -0.409 e. The van der Waals surface area contributed by atoms with Crippen molar-refractivity contribution in [1.82, 2.24) is 5.32 Å². The largest absolute Gasteiger partial charge is 0.409 e. The SMILES string of the molecule is COC(C)(C)C(=O)NCc1ccc(/C(N)=N/O)cc1F. The number of methoxy groups -OCH3 is 1. The number of hydrogen-bond acceptors (Lipinski definition) is 4. The van der Waals surface area contributed by atoms with Crippen LogP contribution in [0, 0.1) is 5.82 Å². The summed E-state index contributed by atoms with van der Waals surface area (Å²) in [5, 5.41) is 13.9. The third-order valence-corrected chi connectivity index (χ3v) is 2.95. The van der Waals surface area contributed by atoms with Crippen LogP contribution in [-0.4, -0.2) is 29.7 Å². The van der Waals surface area contributed by atoms with Crippen molar-refractivity contribution >= 4 is 11.7 Å². The molecule has 0 fully saturated rings. The van der Waals surface area contributed by atoms with Gasteiger partial charge >= 0.3 is 0 Å². The average Bonchev–Trinajstić information content (AvgIpc) is 2.44. The Morgan fingerprint density at radius 3 is 2.70 bits per heavy atom. The molecule has 0 unspecified atom stereocenters. The van der Waals surface area contributed by atoms with E-state index in [9.17, 15) is 9.18 Å². The number of carbonyl (C=O) groups excluding carboxylic acids is 1. The van der Waals surface area contributed by atoms with Crippen LogP contribution in [0.2, 0.25) is 0 Å². The first kappa shape index (κ1) is 15.9. The van der Waals surface area contributed by atoms with E-state index < -0.39 is 11.4 Å². The molecule has 0 aliphatic heterocycles. The third-order valence-electron chi connectivity index (χ3n) is 2.95. The molecular formula is C13H18FN3O3. The monoisotopic (exact) mass is 283 g/mol. The Morgan fingerprint density at radius 2 is 2.20 bits per heavy atom. The summed E-state index contributed by atoms with van der Waals surface area (Å²) in [6.45, 7) is 3.24. The van der Waals surface area contributed by atoms with E-state index in [2.05, 4.69) is 10.5 Å². The highest BCUT2D eigenvalue weighted by Gasteiger charge is 2.26. The lowest BCUT2D eigenvalue weighted by Crippen LogP contribution is -2.43. The number of benzene rings is 1. The second-order valence-corrected chi connectivity index (χ2v) is 4.69. The van der Waals surface area contributed by atoms with Crippen LogP contribution in [0.4, 0.5) is 4.39 Å². The maximum absolute atomic E-state index is 13.8. The molecule has 7 heteroatoms. The smallest absolute Gasteiger partial charge is 0.251 e. The topological polar surface area (TPSA) is 96.9 Å². The Hall–Kier alpha value is -2.15. The van der Waals surface area contributed by atoms with Crippen LogP contribution < -0.4 is 11.1 Å². The van der Waals surface area contributed by atoms with E-state index in [-0.39, 0.29) is 23.9 Å². The van der Waals surface area contributed by atoms with Crippen LogP contribution in [0.1, 0.15) is 25.0 Å². The number of nitrogens with zero attached hydrogens (tertiary/aromatic N) is 1. The second kappa shape index (κ2) is 6.33. The summed E-state index contributed by atoms with van der Waals surface area (Å²) < 4.78 is 18.8.